The van der Waals surface area contributed by atoms with Gasteiger partial charge in [0, 0.05) is 18.6 Å². The van der Waals surface area contributed by atoms with Gasteiger partial charge in [-0.05, 0) is 75.4 Å². The molecule has 33 heteroatoms. The van der Waals surface area contributed by atoms with E-state index in [1.165, 1.54) is 75.4 Å². The molecular weight excluding hydrogens is 1210 g/mol. The Kier molecular flexibility index (Phi) is 29.3. The fourth-order valence-electron chi connectivity index (χ4n) is 6.99. The number of hydrogen-bond donors (Lipinski definition) is 3. The predicted octanol–water partition coefficient (Wildman–Crippen LogP) is 11.0. The molecule has 0 spiro atoms. The van der Waals surface area contributed by atoms with E-state index < -0.39 is 146 Å². The van der Waals surface area contributed by atoms with Gasteiger partial charge in [-0.2, -0.15) is 81.2 Å². The van der Waals surface area contributed by atoms with Crippen molar-refractivity contribution in [3.63, 3.8) is 0 Å². The molecule has 6 aromatic rings. The Bertz CT molecular complexity index is 2740. The van der Waals surface area contributed by atoms with Gasteiger partial charge in [0.2, 0.25) is 18.3 Å². The molecule has 0 radical (unpaired) electrons. The first-order valence-electron chi connectivity index (χ1n) is 24.2. The molecule has 0 amide bonds. The van der Waals surface area contributed by atoms with Gasteiger partial charge in [0.1, 0.15) is 56.7 Å². The number of aliphatic hydroxyl groups is 3. The summed E-state index contributed by atoms with van der Waals surface area (Å²) in [4.78, 5) is 34.5. The lowest BCUT2D eigenvalue weighted by atomic mass is 10.0. The first-order chi connectivity index (χ1) is 39.2. The summed E-state index contributed by atoms with van der Waals surface area (Å²) in [5, 5.41) is 39.6. The maximum absolute atomic E-state index is 14.6. The van der Waals surface area contributed by atoms with Gasteiger partial charge >= 0.3 is 54.2 Å². The second-order valence-electron chi connectivity index (χ2n) is 17.0. The number of esters is 3. The lowest BCUT2D eigenvalue weighted by Crippen LogP contribution is -2.39. The molecule has 87 heavy (non-hydrogen) atoms. The molecule has 0 aliphatic carbocycles. The fraction of sp³-hybridized carbons (Fsp3) is 0.444. The molecule has 3 N–H and O–H groups in total. The number of para-hydroxylation sites is 3. The summed E-state index contributed by atoms with van der Waals surface area (Å²) >= 11 is 0. The zero-order valence-electron chi connectivity index (χ0n) is 43.9. The number of hydrogen-bond acceptors (Lipinski definition) is 15. The van der Waals surface area contributed by atoms with Crippen LogP contribution in [0.2, 0.25) is 0 Å². The maximum atomic E-state index is 14.6. The van der Waals surface area contributed by atoms with Crippen LogP contribution in [0, 0.1) is 0 Å². The topological polar surface area (TPSA) is 221 Å². The minimum absolute atomic E-state index is 0. The van der Waals surface area contributed by atoms with Gasteiger partial charge in [0.25, 0.3) is 0 Å². The first-order valence-corrected chi connectivity index (χ1v) is 24.2. The van der Waals surface area contributed by atoms with Gasteiger partial charge in [0.15, 0.2) is 0 Å². The molecule has 3 aromatic carbocycles. The third-order valence-corrected chi connectivity index (χ3v) is 10.8. The molecule has 0 aliphatic rings. The normalized spacial score (nSPS) is 12.8. The van der Waals surface area contributed by atoms with Crippen molar-refractivity contribution in [1.82, 2.24) is 29.3 Å². The highest BCUT2D eigenvalue weighted by Crippen LogP contribution is 2.41. The molecule has 0 aliphatic heterocycles. The molecule has 0 saturated heterocycles. The van der Waals surface area contributed by atoms with Gasteiger partial charge in [-0.25, -0.2) is 14.4 Å². The van der Waals surface area contributed by atoms with Gasteiger partial charge in [-0.1, -0.05) is 58.7 Å². The standard InChI is InChI=1S/3C17H17F5N2O4.3CH4/c3*1-2-27-15(26)14(25)17(21,22)12-5-3-4-6-13(12)28-9-11-7-8-23-24(11)10-16(18,19)20;;;/h3*3-8,14,25H,2,9-10H2,1H3;3*1H4/t2*14-;;;;/m10..../s1. The Balaban J connectivity index is 0.000000641. The van der Waals surface area contributed by atoms with E-state index in [0.29, 0.717) is 14.0 Å². The number of alkyl halides is 15. The second-order valence-corrected chi connectivity index (χ2v) is 17.0. The van der Waals surface area contributed by atoms with Crippen LogP contribution in [0.3, 0.4) is 0 Å². The van der Waals surface area contributed by atoms with Gasteiger partial charge in [-0.15, -0.1) is 0 Å². The molecular formula is C54H63F15N6O12. The summed E-state index contributed by atoms with van der Waals surface area (Å²) in [6.45, 7) is -1.98. The number of rotatable bonds is 24. The molecule has 18 nitrogen and oxygen atoms in total. The van der Waals surface area contributed by atoms with Crippen LogP contribution in [-0.2, 0) is 85.8 Å². The molecule has 6 rings (SSSR count). The minimum Gasteiger partial charge on any atom is -0.487 e. The number of aromatic nitrogens is 6. The lowest BCUT2D eigenvalue weighted by molar-refractivity contribution is -0.179. The quantitative estimate of drug-likeness (QED) is 0.0291. The summed E-state index contributed by atoms with van der Waals surface area (Å²) in [6, 6.07) is 17.8. The Morgan fingerprint density at radius 1 is 0.402 bits per heavy atom. The summed E-state index contributed by atoms with van der Waals surface area (Å²) in [5.74, 6) is -17.9. The average Bonchev–Trinajstić information content (AvgIpc) is 2.11. The van der Waals surface area contributed by atoms with E-state index in [9.17, 15) is 95.6 Å². The Morgan fingerprint density at radius 2 is 0.621 bits per heavy atom. The zero-order valence-corrected chi connectivity index (χ0v) is 43.9. The van der Waals surface area contributed by atoms with Crippen molar-refractivity contribution in [2.45, 2.75) is 137 Å². The van der Waals surface area contributed by atoms with Crippen LogP contribution in [0.5, 0.6) is 17.2 Å². The minimum atomic E-state index is -4.52. The molecule has 3 heterocycles. The third-order valence-electron chi connectivity index (χ3n) is 10.8. The van der Waals surface area contributed by atoms with E-state index in [1.807, 2.05) is 0 Å². The third kappa shape index (κ3) is 22.3. The zero-order chi connectivity index (χ0) is 62.8. The van der Waals surface area contributed by atoms with Crippen molar-refractivity contribution in [2.75, 3.05) is 19.8 Å². The van der Waals surface area contributed by atoms with E-state index in [0.717, 1.165) is 55.0 Å². The summed E-state index contributed by atoms with van der Waals surface area (Å²) in [7, 11) is 0. The Hall–Kier alpha value is -8.07. The number of halogens is 15. The molecule has 1 unspecified atom stereocenters. The first kappa shape index (κ1) is 76.9. The molecule has 486 valence electrons. The predicted molar refractivity (Wildman–Crippen MR) is 277 cm³/mol. The van der Waals surface area contributed by atoms with Crippen molar-refractivity contribution < 1.29 is 124 Å². The van der Waals surface area contributed by atoms with Crippen molar-refractivity contribution >= 4 is 17.9 Å². The van der Waals surface area contributed by atoms with Crippen molar-refractivity contribution in [3.05, 3.63) is 143 Å². The van der Waals surface area contributed by atoms with E-state index in [-0.39, 0.29) is 59.2 Å². The number of nitrogens with zero attached hydrogens (tertiary/aromatic N) is 6. The number of carbonyl (C=O) groups is 3. The van der Waals surface area contributed by atoms with E-state index in [4.69, 9.17) is 14.2 Å². The molecule has 0 fully saturated rings. The lowest BCUT2D eigenvalue weighted by Gasteiger charge is -2.23. The van der Waals surface area contributed by atoms with Crippen LogP contribution in [0.4, 0.5) is 65.9 Å². The summed E-state index contributed by atoms with van der Waals surface area (Å²) in [5.41, 5.74) is -2.42. The SMILES string of the molecule is C.C.C.CCOC(=O)C(O)C(F)(F)c1ccccc1OCc1ccnn1CC(F)(F)F.CCOC(=O)[C@@H](O)C(F)(F)c1ccccc1OCc1ccnn1CC(F)(F)F.CCOC(=O)[C@H](O)C(F)(F)c1ccccc1OCc1ccnn1CC(F)(F)F. The highest BCUT2D eigenvalue weighted by Gasteiger charge is 2.50. The van der Waals surface area contributed by atoms with Crippen LogP contribution in [0.25, 0.3) is 0 Å². The van der Waals surface area contributed by atoms with E-state index in [2.05, 4.69) is 29.5 Å². The number of benzene rings is 3. The second kappa shape index (κ2) is 33.2. The van der Waals surface area contributed by atoms with Gasteiger partial charge < -0.3 is 43.7 Å². The van der Waals surface area contributed by atoms with Crippen molar-refractivity contribution in [2.24, 2.45) is 0 Å². The smallest absolute Gasteiger partial charge is 0.408 e. The summed E-state index contributed by atoms with van der Waals surface area (Å²) in [6.07, 6.45) is -18.5. The van der Waals surface area contributed by atoms with Crippen LogP contribution < -0.4 is 14.2 Å². The molecule has 0 bridgehead atoms. The number of carbonyl (C=O) groups excluding carboxylic acids is 3. The van der Waals surface area contributed by atoms with Crippen molar-refractivity contribution in [1.29, 1.82) is 0 Å². The largest absolute Gasteiger partial charge is 0.487 e. The van der Waals surface area contributed by atoms with Crippen LogP contribution in [0.15, 0.2) is 110 Å². The summed E-state index contributed by atoms with van der Waals surface area (Å²) < 4.78 is 231. The Labute approximate surface area is 487 Å². The molecule has 0 saturated carbocycles. The molecule has 3 atom stereocenters. The van der Waals surface area contributed by atoms with Gasteiger partial charge in [0.05, 0.1) is 53.6 Å². The van der Waals surface area contributed by atoms with Crippen molar-refractivity contribution in [3.8, 4) is 17.2 Å². The van der Waals surface area contributed by atoms with Gasteiger partial charge in [-0.3, -0.25) is 14.0 Å². The molecule has 3 aromatic heterocycles. The van der Waals surface area contributed by atoms with E-state index >= 15 is 0 Å². The maximum Gasteiger partial charge on any atom is 0.408 e. The van der Waals surface area contributed by atoms with Crippen LogP contribution in [-0.4, -0.2) is 119 Å². The average molecular weight is 1270 g/mol. The van der Waals surface area contributed by atoms with Crippen LogP contribution in [0.1, 0.15) is 76.8 Å². The number of aliphatic hydroxyl groups excluding tert-OH is 3. The fourth-order valence-corrected chi connectivity index (χ4v) is 6.99. The van der Waals surface area contributed by atoms with Crippen LogP contribution >= 0.6 is 0 Å². The highest BCUT2D eigenvalue weighted by molar-refractivity contribution is 5.77. The number of ether oxygens (including phenoxy) is 6. The Morgan fingerprint density at radius 3 is 0.828 bits per heavy atom. The van der Waals surface area contributed by atoms with E-state index in [1.54, 1.807) is 0 Å². The monoisotopic (exact) mass is 1270 g/mol. The highest BCUT2D eigenvalue weighted by atomic mass is 19.4.